The van der Waals surface area contributed by atoms with E-state index in [1.165, 1.54) is 25.7 Å². The van der Waals surface area contributed by atoms with Crippen LogP contribution in [-0.2, 0) is 0 Å². The van der Waals surface area contributed by atoms with Gasteiger partial charge in [0.05, 0.1) is 5.56 Å². The van der Waals surface area contributed by atoms with Gasteiger partial charge in [-0.15, -0.1) is 0 Å². The smallest absolute Gasteiger partial charge is 0.335 e. The van der Waals surface area contributed by atoms with Gasteiger partial charge in [-0.2, -0.15) is 0 Å². The van der Waals surface area contributed by atoms with E-state index in [2.05, 4.69) is 11.9 Å². The normalized spacial score (nSPS) is 10.5. The number of oxazole rings is 1. The second kappa shape index (κ2) is 10.5. The van der Waals surface area contributed by atoms with Gasteiger partial charge in [-0.3, -0.25) is 0 Å². The zero-order valence-electron chi connectivity index (χ0n) is 15.9. The molecule has 0 fully saturated rings. The molecule has 3 rings (SSSR count). The Morgan fingerprint density at radius 1 is 1.07 bits per heavy atom. The number of benzene rings is 2. The van der Waals surface area contributed by atoms with E-state index < -0.39 is 5.97 Å². The SMILES string of the molecule is CCCCCCCO.Cc1ccc2nc(-c3cccc(C(=O)O)c3)oc2c1. The van der Waals surface area contributed by atoms with Crippen LogP contribution in [-0.4, -0.2) is 27.8 Å². The van der Waals surface area contributed by atoms with Crippen molar-refractivity contribution in [1.29, 1.82) is 0 Å². The van der Waals surface area contributed by atoms with E-state index >= 15 is 0 Å². The molecule has 27 heavy (non-hydrogen) atoms. The van der Waals surface area contributed by atoms with Gasteiger partial charge in [-0.1, -0.05) is 44.7 Å². The summed E-state index contributed by atoms with van der Waals surface area (Å²) in [4.78, 5) is 15.3. The fourth-order valence-electron chi connectivity index (χ4n) is 2.66. The number of carboxylic acid groups (broad SMARTS) is 1. The molecule has 0 atom stereocenters. The maximum Gasteiger partial charge on any atom is 0.335 e. The summed E-state index contributed by atoms with van der Waals surface area (Å²) in [6, 6.07) is 12.3. The van der Waals surface area contributed by atoms with Crippen molar-refractivity contribution in [3.63, 3.8) is 0 Å². The van der Waals surface area contributed by atoms with Crippen molar-refractivity contribution in [1.82, 2.24) is 4.98 Å². The predicted molar refractivity (Wildman–Crippen MR) is 107 cm³/mol. The monoisotopic (exact) mass is 369 g/mol. The highest BCUT2D eigenvalue weighted by molar-refractivity contribution is 5.89. The zero-order chi connectivity index (χ0) is 19.6. The van der Waals surface area contributed by atoms with E-state index in [-0.39, 0.29) is 5.56 Å². The van der Waals surface area contributed by atoms with Crippen LogP contribution in [0.2, 0.25) is 0 Å². The molecule has 2 aromatic carbocycles. The van der Waals surface area contributed by atoms with Crippen molar-refractivity contribution in [2.24, 2.45) is 0 Å². The van der Waals surface area contributed by atoms with Gasteiger partial charge in [0.25, 0.3) is 0 Å². The number of carboxylic acids is 1. The first kappa shape index (κ1) is 20.6. The first-order valence-electron chi connectivity index (χ1n) is 9.37. The Balaban J connectivity index is 0.000000279. The standard InChI is InChI=1S/C15H11NO3.C7H16O/c1-9-5-6-12-13(7-9)19-14(16-12)10-3-2-4-11(8-10)15(17)18;1-2-3-4-5-6-7-8/h2-8H,1H3,(H,17,18);8H,2-7H2,1H3. The van der Waals surface area contributed by atoms with E-state index in [1.807, 2.05) is 25.1 Å². The number of aliphatic hydroxyl groups is 1. The van der Waals surface area contributed by atoms with Crippen LogP contribution in [0.15, 0.2) is 46.9 Å². The Hall–Kier alpha value is -2.66. The maximum atomic E-state index is 11.0. The summed E-state index contributed by atoms with van der Waals surface area (Å²) in [6.45, 7) is 4.54. The first-order valence-corrected chi connectivity index (χ1v) is 9.37. The number of hydrogen-bond donors (Lipinski definition) is 2. The van der Waals surface area contributed by atoms with Crippen molar-refractivity contribution >= 4 is 17.1 Å². The van der Waals surface area contributed by atoms with Gasteiger partial charge < -0.3 is 14.6 Å². The van der Waals surface area contributed by atoms with E-state index in [4.69, 9.17) is 14.6 Å². The minimum Gasteiger partial charge on any atom is -0.478 e. The summed E-state index contributed by atoms with van der Waals surface area (Å²) in [5, 5.41) is 17.3. The number of nitrogens with zero attached hydrogens (tertiary/aromatic N) is 1. The molecule has 5 heteroatoms. The molecule has 2 N–H and O–H groups in total. The Bertz CT molecular complexity index is 864. The number of rotatable bonds is 7. The third-order valence-corrected chi connectivity index (χ3v) is 4.16. The molecule has 0 unspecified atom stereocenters. The number of aromatic carboxylic acids is 1. The molecule has 144 valence electrons. The number of aryl methyl sites for hydroxylation is 1. The number of unbranched alkanes of at least 4 members (excludes halogenated alkanes) is 4. The molecule has 0 aliphatic rings. The highest BCUT2D eigenvalue weighted by Crippen LogP contribution is 2.25. The summed E-state index contributed by atoms with van der Waals surface area (Å²) < 4.78 is 5.67. The van der Waals surface area contributed by atoms with Crippen molar-refractivity contribution in [2.45, 2.75) is 46.0 Å². The van der Waals surface area contributed by atoms with Crippen LogP contribution in [0.4, 0.5) is 0 Å². The molecule has 3 aromatic rings. The molecule has 0 radical (unpaired) electrons. The van der Waals surface area contributed by atoms with E-state index in [1.54, 1.807) is 24.3 Å². The van der Waals surface area contributed by atoms with Gasteiger partial charge >= 0.3 is 5.97 Å². The van der Waals surface area contributed by atoms with E-state index in [0.717, 1.165) is 17.5 Å². The molecule has 0 amide bonds. The van der Waals surface area contributed by atoms with Crippen LogP contribution in [0.1, 0.15) is 54.9 Å². The fourth-order valence-corrected chi connectivity index (χ4v) is 2.66. The second-order valence-corrected chi connectivity index (χ2v) is 6.51. The van der Waals surface area contributed by atoms with Crippen LogP contribution in [0.25, 0.3) is 22.6 Å². The third-order valence-electron chi connectivity index (χ3n) is 4.16. The minimum atomic E-state index is -0.964. The zero-order valence-corrected chi connectivity index (χ0v) is 15.9. The highest BCUT2D eigenvalue weighted by Gasteiger charge is 2.10. The third kappa shape index (κ3) is 6.22. The lowest BCUT2D eigenvalue weighted by Gasteiger charge is -1.97. The predicted octanol–water partition coefficient (Wildman–Crippen LogP) is 5.45. The van der Waals surface area contributed by atoms with E-state index in [0.29, 0.717) is 23.6 Å². The fraction of sp³-hybridized carbons (Fsp3) is 0.364. The number of carbonyl (C=O) groups is 1. The summed E-state index contributed by atoms with van der Waals surface area (Å²) in [5.41, 5.74) is 3.44. The van der Waals surface area contributed by atoms with Crippen LogP contribution >= 0.6 is 0 Å². The first-order chi connectivity index (χ1) is 13.0. The van der Waals surface area contributed by atoms with Gasteiger partial charge in [0, 0.05) is 12.2 Å². The molecule has 0 spiro atoms. The maximum absolute atomic E-state index is 11.0. The molecule has 0 saturated carbocycles. The van der Waals surface area contributed by atoms with Gasteiger partial charge in [0.15, 0.2) is 5.58 Å². The van der Waals surface area contributed by atoms with Crippen LogP contribution in [0.3, 0.4) is 0 Å². The number of hydrogen-bond acceptors (Lipinski definition) is 4. The lowest BCUT2D eigenvalue weighted by molar-refractivity contribution is 0.0697. The van der Waals surface area contributed by atoms with E-state index in [9.17, 15) is 4.79 Å². The molecular weight excluding hydrogens is 342 g/mol. The molecule has 0 aliphatic carbocycles. The quantitative estimate of drug-likeness (QED) is 0.541. The minimum absolute atomic E-state index is 0.218. The molecule has 1 heterocycles. The average Bonchev–Trinajstić information content (AvgIpc) is 3.09. The summed E-state index contributed by atoms with van der Waals surface area (Å²) in [7, 11) is 0. The van der Waals surface area contributed by atoms with Gasteiger partial charge in [-0.25, -0.2) is 9.78 Å². The Labute approximate surface area is 159 Å². The van der Waals surface area contributed by atoms with Crippen LogP contribution < -0.4 is 0 Å². The van der Waals surface area contributed by atoms with Crippen molar-refractivity contribution < 1.29 is 19.4 Å². The van der Waals surface area contributed by atoms with Crippen molar-refractivity contribution in [2.75, 3.05) is 6.61 Å². The topological polar surface area (TPSA) is 83.6 Å². The molecular formula is C22H27NO4. The van der Waals surface area contributed by atoms with Crippen molar-refractivity contribution in [3.05, 3.63) is 53.6 Å². The Morgan fingerprint density at radius 3 is 2.56 bits per heavy atom. The molecule has 0 saturated heterocycles. The Morgan fingerprint density at radius 2 is 1.85 bits per heavy atom. The van der Waals surface area contributed by atoms with Crippen LogP contribution in [0.5, 0.6) is 0 Å². The summed E-state index contributed by atoms with van der Waals surface area (Å²) in [5.74, 6) is -0.530. The molecule has 0 bridgehead atoms. The number of fused-ring (bicyclic) bond motifs is 1. The van der Waals surface area contributed by atoms with Crippen molar-refractivity contribution in [3.8, 4) is 11.5 Å². The average molecular weight is 369 g/mol. The highest BCUT2D eigenvalue weighted by atomic mass is 16.4. The largest absolute Gasteiger partial charge is 0.478 e. The molecule has 5 nitrogen and oxygen atoms in total. The molecule has 0 aliphatic heterocycles. The summed E-state index contributed by atoms with van der Waals surface area (Å²) >= 11 is 0. The van der Waals surface area contributed by atoms with Gasteiger partial charge in [0.2, 0.25) is 5.89 Å². The molecule has 1 aromatic heterocycles. The number of aromatic nitrogens is 1. The lowest BCUT2D eigenvalue weighted by atomic mass is 10.1. The summed E-state index contributed by atoms with van der Waals surface area (Å²) in [6.07, 6.45) is 6.08. The van der Waals surface area contributed by atoms with Crippen LogP contribution in [0, 0.1) is 6.92 Å². The van der Waals surface area contributed by atoms with Gasteiger partial charge in [-0.05, 0) is 49.2 Å². The lowest BCUT2D eigenvalue weighted by Crippen LogP contribution is -1.95. The number of aliphatic hydroxyl groups excluding tert-OH is 1. The second-order valence-electron chi connectivity index (χ2n) is 6.51. The Kier molecular flexibility index (Phi) is 8.01. The van der Waals surface area contributed by atoms with Gasteiger partial charge in [0.1, 0.15) is 5.52 Å².